The number of Topliss-reactive ketones (excluding diaryl/α,β-unsaturated/α-hetero) is 1. The quantitative estimate of drug-likeness (QED) is 0.163. The van der Waals surface area contributed by atoms with E-state index >= 15 is 4.39 Å². The first kappa shape index (κ1) is 33.9. The molecule has 0 saturated carbocycles. The minimum Gasteiger partial charge on any atom is -0.444 e. The number of H-pyrrole nitrogens is 1. The Morgan fingerprint density at radius 1 is 0.980 bits per heavy atom. The van der Waals surface area contributed by atoms with Crippen molar-refractivity contribution >= 4 is 22.9 Å². The van der Waals surface area contributed by atoms with Gasteiger partial charge in [0.1, 0.15) is 34.9 Å². The van der Waals surface area contributed by atoms with E-state index in [0.29, 0.717) is 23.4 Å². The third kappa shape index (κ3) is 8.37. The molecule has 10 heteroatoms. The number of ether oxygens (including phenoxy) is 2. The molecule has 3 atom stereocenters. The molecule has 6 rings (SSSR count). The van der Waals surface area contributed by atoms with Crippen molar-refractivity contribution < 1.29 is 27.8 Å². The molecule has 2 aromatic heterocycles. The molecule has 254 valence electrons. The number of carbonyl (C=O) groups excluding carboxylic acids is 2. The molecule has 1 aliphatic heterocycles. The SMILES string of the molecule is CC(C)(C)OC(=O)N1C[C@@H](CCc2c(F)cncc2CC(=O)C[C@H](c2ccccc2)c2ccc(F)cc2)OC[C@H]1c1nc2ccccc2[nH]1. The Labute approximate surface area is 284 Å². The van der Waals surface area contributed by atoms with Crippen LogP contribution >= 0.6 is 0 Å². The van der Waals surface area contributed by atoms with E-state index in [-0.39, 0.29) is 49.9 Å². The summed E-state index contributed by atoms with van der Waals surface area (Å²) in [5.41, 5.74) is 3.59. The molecule has 1 saturated heterocycles. The number of morpholine rings is 1. The van der Waals surface area contributed by atoms with Gasteiger partial charge in [0.05, 0.1) is 36.5 Å². The van der Waals surface area contributed by atoms with Crippen LogP contribution < -0.4 is 0 Å². The van der Waals surface area contributed by atoms with Crippen LogP contribution in [0.5, 0.6) is 0 Å². The largest absolute Gasteiger partial charge is 0.444 e. The van der Waals surface area contributed by atoms with Crippen molar-refractivity contribution in [3.8, 4) is 0 Å². The van der Waals surface area contributed by atoms with Crippen LogP contribution in [0.15, 0.2) is 91.3 Å². The minimum absolute atomic E-state index is 0.00565. The molecule has 1 amide bonds. The lowest BCUT2D eigenvalue weighted by Gasteiger charge is -2.39. The molecule has 0 bridgehead atoms. The van der Waals surface area contributed by atoms with E-state index in [0.717, 1.165) is 28.4 Å². The number of hydrogen-bond acceptors (Lipinski definition) is 6. The molecular weight excluding hydrogens is 626 g/mol. The number of pyridine rings is 1. The Hall–Kier alpha value is -4.96. The van der Waals surface area contributed by atoms with E-state index in [9.17, 15) is 14.0 Å². The number of hydrogen-bond donors (Lipinski definition) is 1. The number of benzene rings is 3. The number of fused-ring (bicyclic) bond motifs is 1. The zero-order chi connectivity index (χ0) is 34.5. The van der Waals surface area contributed by atoms with Gasteiger partial charge in [-0.25, -0.2) is 18.6 Å². The number of imidazole rings is 1. The van der Waals surface area contributed by atoms with Crippen molar-refractivity contribution in [3.63, 3.8) is 0 Å². The van der Waals surface area contributed by atoms with Crippen molar-refractivity contribution in [2.24, 2.45) is 0 Å². The molecule has 0 unspecified atom stereocenters. The molecule has 49 heavy (non-hydrogen) atoms. The van der Waals surface area contributed by atoms with Gasteiger partial charge >= 0.3 is 6.09 Å². The summed E-state index contributed by atoms with van der Waals surface area (Å²) in [6.45, 7) is 5.84. The maximum absolute atomic E-state index is 15.3. The molecule has 1 aliphatic rings. The van der Waals surface area contributed by atoms with Crippen LogP contribution in [0.25, 0.3) is 11.0 Å². The van der Waals surface area contributed by atoms with E-state index in [4.69, 9.17) is 14.5 Å². The maximum atomic E-state index is 15.3. The molecule has 3 aromatic carbocycles. The van der Waals surface area contributed by atoms with E-state index in [2.05, 4.69) is 9.97 Å². The lowest BCUT2D eigenvalue weighted by molar-refractivity contribution is -0.118. The highest BCUT2D eigenvalue weighted by atomic mass is 19.1. The smallest absolute Gasteiger partial charge is 0.411 e. The Balaban J connectivity index is 1.16. The maximum Gasteiger partial charge on any atom is 0.411 e. The summed E-state index contributed by atoms with van der Waals surface area (Å²) < 4.78 is 41.0. The molecule has 0 radical (unpaired) electrons. The zero-order valence-corrected chi connectivity index (χ0v) is 27.9. The fourth-order valence-electron chi connectivity index (χ4n) is 6.33. The third-order valence-electron chi connectivity index (χ3n) is 8.72. The summed E-state index contributed by atoms with van der Waals surface area (Å²) in [6.07, 6.45) is 2.63. The molecule has 3 heterocycles. The van der Waals surface area contributed by atoms with Gasteiger partial charge in [0, 0.05) is 25.0 Å². The highest BCUT2D eigenvalue weighted by Gasteiger charge is 2.37. The van der Waals surface area contributed by atoms with Crippen molar-refractivity contribution in [1.82, 2.24) is 19.9 Å². The Bertz CT molecular complexity index is 1870. The fraction of sp³-hybridized carbons (Fsp3) is 0.333. The number of halogens is 2. The molecule has 1 fully saturated rings. The number of nitrogens with one attached hydrogen (secondary N) is 1. The average Bonchev–Trinajstić information content (AvgIpc) is 3.51. The van der Waals surface area contributed by atoms with Crippen molar-refractivity contribution in [1.29, 1.82) is 0 Å². The number of para-hydroxylation sites is 2. The van der Waals surface area contributed by atoms with Gasteiger partial charge in [-0.2, -0.15) is 0 Å². The van der Waals surface area contributed by atoms with Gasteiger partial charge < -0.3 is 14.5 Å². The summed E-state index contributed by atoms with van der Waals surface area (Å²) in [7, 11) is 0. The first-order valence-corrected chi connectivity index (χ1v) is 16.5. The van der Waals surface area contributed by atoms with E-state index < -0.39 is 29.7 Å². The van der Waals surface area contributed by atoms with Gasteiger partial charge in [0.15, 0.2) is 0 Å². The number of amides is 1. The summed E-state index contributed by atoms with van der Waals surface area (Å²) in [4.78, 5) is 40.7. The fourth-order valence-corrected chi connectivity index (χ4v) is 6.33. The van der Waals surface area contributed by atoms with Crippen LogP contribution in [-0.2, 0) is 27.1 Å². The average molecular weight is 667 g/mol. The van der Waals surface area contributed by atoms with Gasteiger partial charge in [0.25, 0.3) is 0 Å². The van der Waals surface area contributed by atoms with Crippen LogP contribution in [0.4, 0.5) is 13.6 Å². The van der Waals surface area contributed by atoms with Crippen LogP contribution in [0.2, 0.25) is 0 Å². The Kier molecular flexibility index (Phi) is 10.1. The van der Waals surface area contributed by atoms with Crippen molar-refractivity contribution in [3.05, 3.63) is 131 Å². The number of ketones is 1. The molecule has 0 aliphatic carbocycles. The number of aromatic nitrogens is 3. The van der Waals surface area contributed by atoms with Crippen molar-refractivity contribution in [2.45, 2.75) is 70.1 Å². The topological polar surface area (TPSA) is 97.4 Å². The van der Waals surface area contributed by atoms with Gasteiger partial charge in [-0.15, -0.1) is 0 Å². The highest BCUT2D eigenvalue weighted by Crippen LogP contribution is 2.32. The first-order valence-electron chi connectivity index (χ1n) is 16.5. The zero-order valence-electron chi connectivity index (χ0n) is 27.9. The third-order valence-corrected chi connectivity index (χ3v) is 8.72. The number of rotatable bonds is 10. The monoisotopic (exact) mass is 666 g/mol. The van der Waals surface area contributed by atoms with E-state index in [1.54, 1.807) is 17.0 Å². The molecule has 5 aromatic rings. The molecular formula is C39H40F2N4O4. The van der Waals surface area contributed by atoms with E-state index in [1.165, 1.54) is 18.3 Å². The predicted molar refractivity (Wildman–Crippen MR) is 182 cm³/mol. The van der Waals surface area contributed by atoms with Gasteiger partial charge in [-0.05, 0) is 80.1 Å². The highest BCUT2D eigenvalue weighted by molar-refractivity contribution is 5.82. The van der Waals surface area contributed by atoms with Crippen LogP contribution in [0, 0.1) is 11.6 Å². The number of aromatic amines is 1. The predicted octanol–water partition coefficient (Wildman–Crippen LogP) is 7.88. The summed E-state index contributed by atoms with van der Waals surface area (Å²) in [5, 5.41) is 0. The van der Waals surface area contributed by atoms with Gasteiger partial charge in [-0.3, -0.25) is 14.7 Å². The summed E-state index contributed by atoms with van der Waals surface area (Å²) in [5.74, 6) is -0.623. The Morgan fingerprint density at radius 2 is 1.69 bits per heavy atom. The molecule has 0 spiro atoms. The van der Waals surface area contributed by atoms with Crippen LogP contribution in [-0.4, -0.2) is 56.6 Å². The van der Waals surface area contributed by atoms with Gasteiger partial charge in [-0.1, -0.05) is 54.6 Å². The number of carbonyl (C=O) groups is 2. The summed E-state index contributed by atoms with van der Waals surface area (Å²) in [6, 6.07) is 22.9. The first-order chi connectivity index (χ1) is 23.5. The number of nitrogens with zero attached hydrogens (tertiary/aromatic N) is 3. The van der Waals surface area contributed by atoms with Crippen LogP contribution in [0.1, 0.15) is 73.7 Å². The second-order valence-electron chi connectivity index (χ2n) is 13.5. The second kappa shape index (κ2) is 14.7. The van der Waals surface area contributed by atoms with Gasteiger partial charge in [0.2, 0.25) is 0 Å². The summed E-state index contributed by atoms with van der Waals surface area (Å²) >= 11 is 0. The van der Waals surface area contributed by atoms with Crippen LogP contribution in [0.3, 0.4) is 0 Å². The minimum atomic E-state index is -0.707. The Morgan fingerprint density at radius 3 is 2.43 bits per heavy atom. The molecule has 8 nitrogen and oxygen atoms in total. The lowest BCUT2D eigenvalue weighted by atomic mass is 9.85. The van der Waals surface area contributed by atoms with E-state index in [1.807, 2.05) is 75.4 Å². The lowest BCUT2D eigenvalue weighted by Crippen LogP contribution is -2.49. The van der Waals surface area contributed by atoms with Crippen molar-refractivity contribution in [2.75, 3.05) is 13.2 Å². The second-order valence-corrected chi connectivity index (χ2v) is 13.5. The standard InChI is InChI=1S/C39H40F2N4O4/c1-39(2,3)49-38(47)45-23-30(48-24-36(45)37-43-34-11-7-8-12-35(34)44-37)17-18-31-27(21-42-22-33(31)41)19-29(46)20-32(25-9-5-4-6-10-25)26-13-15-28(40)16-14-26/h4-16,21-22,30,32,36H,17-20,23-24H2,1-3H3,(H,43,44)/t30-,32-,36+/m1/s1. The normalized spacial score (nSPS) is 17.2. The molecule has 1 N–H and O–H groups in total.